The van der Waals surface area contributed by atoms with Crippen LogP contribution in [0, 0.1) is 0 Å². The van der Waals surface area contributed by atoms with Crippen LogP contribution in [0.15, 0.2) is 35.7 Å². The molecule has 1 fully saturated rings. The molecule has 1 aromatic carbocycles. The second-order valence-electron chi connectivity index (χ2n) is 4.98. The van der Waals surface area contributed by atoms with E-state index < -0.39 is 0 Å². The van der Waals surface area contributed by atoms with Gasteiger partial charge in [0.05, 0.1) is 6.54 Å². The van der Waals surface area contributed by atoms with Crippen molar-refractivity contribution in [1.82, 2.24) is 5.32 Å². The number of nitrogens with two attached hydrogens (primary N) is 1. The topological polar surface area (TPSA) is 67.1 Å². The van der Waals surface area contributed by atoms with Gasteiger partial charge in [0.25, 0.3) is 5.91 Å². The fourth-order valence-corrected chi connectivity index (χ4v) is 2.68. The second kappa shape index (κ2) is 5.54. The molecule has 1 aliphatic carbocycles. The first-order valence-corrected chi connectivity index (χ1v) is 7.57. The highest BCUT2D eigenvalue weighted by molar-refractivity contribution is 7.10. The lowest BCUT2D eigenvalue weighted by Gasteiger charge is -2.08. The van der Waals surface area contributed by atoms with Crippen molar-refractivity contribution in [2.24, 2.45) is 0 Å². The summed E-state index contributed by atoms with van der Waals surface area (Å²) >= 11 is 1.63. The van der Waals surface area contributed by atoms with E-state index in [0.29, 0.717) is 18.2 Å². The van der Waals surface area contributed by atoms with Gasteiger partial charge in [-0.15, -0.1) is 11.3 Å². The quantitative estimate of drug-likeness (QED) is 0.792. The summed E-state index contributed by atoms with van der Waals surface area (Å²) in [7, 11) is 0. The van der Waals surface area contributed by atoms with Gasteiger partial charge in [0, 0.05) is 27.9 Å². The molecule has 0 saturated heterocycles. The van der Waals surface area contributed by atoms with Crippen LogP contribution in [0.2, 0.25) is 0 Å². The fraction of sp³-hybridized carbons (Fsp3) is 0.267. The monoisotopic (exact) mass is 287 g/mol. The molecule has 104 valence electrons. The lowest BCUT2D eigenvalue weighted by molar-refractivity contribution is 0.0951. The standard InChI is InChI=1S/C15H17N3OS/c16-13-6-7-20-14(13)9-17-12-3-1-2-10(8-12)15(19)18-11-4-5-11/h1-3,6-8,11,17H,4-5,9,16H2,(H,18,19). The Labute approximate surface area is 122 Å². The molecule has 1 aromatic heterocycles. The second-order valence-corrected chi connectivity index (χ2v) is 5.98. The zero-order chi connectivity index (χ0) is 13.9. The molecule has 0 bridgehead atoms. The molecule has 0 aliphatic heterocycles. The average molecular weight is 287 g/mol. The molecule has 3 rings (SSSR count). The van der Waals surface area contributed by atoms with Crippen LogP contribution in [-0.4, -0.2) is 11.9 Å². The SMILES string of the molecule is Nc1ccsc1CNc1cccc(C(=O)NC2CC2)c1. The van der Waals surface area contributed by atoms with E-state index in [4.69, 9.17) is 5.73 Å². The molecule has 1 saturated carbocycles. The van der Waals surface area contributed by atoms with Crippen LogP contribution in [0.5, 0.6) is 0 Å². The number of thiophene rings is 1. The van der Waals surface area contributed by atoms with Crippen molar-refractivity contribution in [3.8, 4) is 0 Å². The number of nitrogen functional groups attached to an aromatic ring is 1. The van der Waals surface area contributed by atoms with Crippen molar-refractivity contribution in [3.05, 3.63) is 46.2 Å². The summed E-state index contributed by atoms with van der Waals surface area (Å²) < 4.78 is 0. The molecule has 1 amide bonds. The maximum atomic E-state index is 12.0. The first kappa shape index (κ1) is 13.0. The number of rotatable bonds is 5. The van der Waals surface area contributed by atoms with E-state index in [-0.39, 0.29) is 5.91 Å². The van der Waals surface area contributed by atoms with Gasteiger partial charge in [-0.1, -0.05) is 6.07 Å². The third kappa shape index (κ3) is 3.11. The zero-order valence-corrected chi connectivity index (χ0v) is 11.9. The summed E-state index contributed by atoms with van der Waals surface area (Å²) in [4.78, 5) is 13.1. The highest BCUT2D eigenvalue weighted by Gasteiger charge is 2.23. The van der Waals surface area contributed by atoms with Gasteiger partial charge in [-0.3, -0.25) is 4.79 Å². The predicted octanol–water partition coefficient (Wildman–Crippen LogP) is 2.83. The maximum Gasteiger partial charge on any atom is 0.251 e. The van der Waals surface area contributed by atoms with Crippen molar-refractivity contribution in [3.63, 3.8) is 0 Å². The van der Waals surface area contributed by atoms with Crippen LogP contribution in [-0.2, 0) is 6.54 Å². The van der Waals surface area contributed by atoms with E-state index in [1.54, 1.807) is 11.3 Å². The van der Waals surface area contributed by atoms with Crippen LogP contribution in [0.25, 0.3) is 0 Å². The summed E-state index contributed by atoms with van der Waals surface area (Å²) in [5, 5.41) is 8.27. The van der Waals surface area contributed by atoms with Gasteiger partial charge in [-0.2, -0.15) is 0 Å². The van der Waals surface area contributed by atoms with Crippen LogP contribution in [0.1, 0.15) is 28.1 Å². The van der Waals surface area contributed by atoms with Gasteiger partial charge >= 0.3 is 0 Å². The fourth-order valence-electron chi connectivity index (χ4n) is 1.94. The normalized spacial score (nSPS) is 14.0. The average Bonchev–Trinajstić information content (AvgIpc) is 3.17. The largest absolute Gasteiger partial charge is 0.398 e. The number of carbonyl (C=O) groups is 1. The van der Waals surface area contributed by atoms with E-state index in [1.165, 1.54) is 0 Å². The maximum absolute atomic E-state index is 12.0. The summed E-state index contributed by atoms with van der Waals surface area (Å²) in [5.41, 5.74) is 8.29. The summed E-state index contributed by atoms with van der Waals surface area (Å²) in [6, 6.07) is 9.84. The molecule has 0 spiro atoms. The Balaban J connectivity index is 1.64. The van der Waals surface area contributed by atoms with Crippen molar-refractivity contribution >= 4 is 28.6 Å². The van der Waals surface area contributed by atoms with E-state index in [9.17, 15) is 4.79 Å². The smallest absolute Gasteiger partial charge is 0.251 e. The minimum Gasteiger partial charge on any atom is -0.398 e. The molecule has 4 nitrogen and oxygen atoms in total. The molecule has 1 heterocycles. The Morgan fingerprint density at radius 3 is 2.90 bits per heavy atom. The molecular weight excluding hydrogens is 270 g/mol. The first-order chi connectivity index (χ1) is 9.72. The van der Waals surface area contributed by atoms with Gasteiger partial charge in [0.15, 0.2) is 0 Å². The van der Waals surface area contributed by atoms with Gasteiger partial charge in [-0.05, 0) is 42.5 Å². The van der Waals surface area contributed by atoms with Crippen molar-refractivity contribution < 1.29 is 4.79 Å². The Kier molecular flexibility index (Phi) is 3.60. The molecule has 0 radical (unpaired) electrons. The number of benzene rings is 1. The third-order valence-corrected chi connectivity index (χ3v) is 4.21. The lowest BCUT2D eigenvalue weighted by atomic mass is 10.2. The van der Waals surface area contributed by atoms with Crippen LogP contribution < -0.4 is 16.4 Å². The van der Waals surface area contributed by atoms with Crippen LogP contribution in [0.3, 0.4) is 0 Å². The zero-order valence-electron chi connectivity index (χ0n) is 11.1. The Morgan fingerprint density at radius 2 is 2.20 bits per heavy atom. The Hall–Kier alpha value is -2.01. The molecule has 20 heavy (non-hydrogen) atoms. The van der Waals surface area contributed by atoms with Gasteiger partial charge in [0.2, 0.25) is 0 Å². The third-order valence-electron chi connectivity index (χ3n) is 3.27. The molecule has 0 unspecified atom stereocenters. The van der Waals surface area contributed by atoms with E-state index in [1.807, 2.05) is 35.7 Å². The first-order valence-electron chi connectivity index (χ1n) is 6.69. The minimum atomic E-state index is 0.00628. The number of anilines is 2. The van der Waals surface area contributed by atoms with Gasteiger partial charge in [-0.25, -0.2) is 0 Å². The Bertz CT molecular complexity index is 619. The van der Waals surface area contributed by atoms with Gasteiger partial charge < -0.3 is 16.4 Å². The summed E-state index contributed by atoms with van der Waals surface area (Å²) in [6.07, 6.45) is 2.20. The molecular formula is C15H17N3OS. The molecule has 5 heteroatoms. The minimum absolute atomic E-state index is 0.00628. The lowest BCUT2D eigenvalue weighted by Crippen LogP contribution is -2.25. The van der Waals surface area contributed by atoms with Crippen molar-refractivity contribution in [1.29, 1.82) is 0 Å². The summed E-state index contributed by atoms with van der Waals surface area (Å²) in [5.74, 6) is 0.00628. The van der Waals surface area contributed by atoms with E-state index >= 15 is 0 Å². The highest BCUT2D eigenvalue weighted by atomic mass is 32.1. The van der Waals surface area contributed by atoms with E-state index in [0.717, 1.165) is 29.1 Å². The number of hydrogen-bond acceptors (Lipinski definition) is 4. The van der Waals surface area contributed by atoms with Crippen LogP contribution in [0.4, 0.5) is 11.4 Å². The van der Waals surface area contributed by atoms with Gasteiger partial charge in [0.1, 0.15) is 0 Å². The molecule has 0 atom stereocenters. The molecule has 2 aromatic rings. The van der Waals surface area contributed by atoms with Crippen molar-refractivity contribution in [2.45, 2.75) is 25.4 Å². The Morgan fingerprint density at radius 1 is 1.35 bits per heavy atom. The van der Waals surface area contributed by atoms with Crippen molar-refractivity contribution in [2.75, 3.05) is 11.1 Å². The molecule has 4 N–H and O–H groups in total. The van der Waals surface area contributed by atoms with Crippen LogP contribution >= 0.6 is 11.3 Å². The number of amides is 1. The molecule has 1 aliphatic rings. The number of hydrogen-bond donors (Lipinski definition) is 3. The highest BCUT2D eigenvalue weighted by Crippen LogP contribution is 2.22. The number of carbonyl (C=O) groups excluding carboxylic acids is 1. The van der Waals surface area contributed by atoms with E-state index in [2.05, 4.69) is 10.6 Å². The number of nitrogens with one attached hydrogen (secondary N) is 2. The summed E-state index contributed by atoms with van der Waals surface area (Å²) in [6.45, 7) is 0.678. The predicted molar refractivity (Wildman–Crippen MR) is 83.0 cm³/mol.